The number of fused-ring (bicyclic) bond motifs is 1. The molecule has 2 aromatic heterocycles. The lowest BCUT2D eigenvalue weighted by Gasteiger charge is -2.39. The minimum absolute atomic E-state index is 0.0691. The first-order valence-electron chi connectivity index (χ1n) is 21.2. The van der Waals surface area contributed by atoms with Crippen LogP contribution >= 0.6 is 0 Å². The summed E-state index contributed by atoms with van der Waals surface area (Å²) >= 11 is 0. The van der Waals surface area contributed by atoms with Crippen molar-refractivity contribution in [1.82, 2.24) is 29.9 Å². The monoisotopic (exact) mass is 811 g/mol. The minimum atomic E-state index is -0.357. The quantitative estimate of drug-likeness (QED) is 0.162. The number of carbonyl (C=O) groups is 3. The lowest BCUT2D eigenvalue weighted by molar-refractivity contribution is -0.120. The molecule has 5 aromatic rings. The zero-order valence-electron chi connectivity index (χ0n) is 34.3. The Morgan fingerprint density at radius 2 is 1.65 bits per heavy atom. The molecule has 0 aliphatic carbocycles. The number of imide groups is 1. The maximum Gasteiger partial charge on any atom is 0.328 e. The highest BCUT2D eigenvalue weighted by atomic mass is 16.5. The van der Waals surface area contributed by atoms with E-state index in [9.17, 15) is 19.5 Å². The number of piperidine rings is 2. The van der Waals surface area contributed by atoms with Crippen LogP contribution in [0, 0.1) is 12.8 Å². The normalized spacial score (nSPS) is 21.1. The molecule has 0 unspecified atom stereocenters. The van der Waals surface area contributed by atoms with Crippen molar-refractivity contribution in [2.45, 2.75) is 64.2 Å². The fraction of sp³-hybridized carbons (Fsp3) is 0.413. The number of para-hydroxylation sites is 1. The summed E-state index contributed by atoms with van der Waals surface area (Å²) in [7, 11) is 0. The first-order chi connectivity index (χ1) is 29.1. The standard InChI is InChI=1S/C46H53N9O5/c1-29-24-36-38(54-23-18-43(57)48-46(54)59)7-5-8-39(36)55(29)34-16-19-51(20-17-34)27-31-14-21-52(22-15-31)45(58)33-12-10-32(11-13-33)42-28-53(26-30(2)60-42)40-25-37(49-50-44(40)47)35-6-3-4-9-41(35)56/h3-13,24-25,30-31,34,42,56H,14-23,26-28H2,1-2H3,(H2,47,50)(H,48,57,59)/t30-,42+/m1/s1. The van der Waals surface area contributed by atoms with Gasteiger partial charge in [0.2, 0.25) is 5.91 Å². The molecule has 4 aliphatic rings. The molecule has 4 saturated heterocycles. The Labute approximate surface area is 349 Å². The van der Waals surface area contributed by atoms with E-state index in [-0.39, 0.29) is 35.8 Å². The van der Waals surface area contributed by atoms with E-state index >= 15 is 0 Å². The molecule has 2 atom stereocenters. The number of hydrogen-bond donors (Lipinski definition) is 3. The molecule has 4 N–H and O–H groups in total. The number of urea groups is 1. The molecule has 4 aliphatic heterocycles. The predicted octanol–water partition coefficient (Wildman–Crippen LogP) is 6.30. The molecule has 6 heterocycles. The van der Waals surface area contributed by atoms with Crippen molar-refractivity contribution in [2.24, 2.45) is 5.92 Å². The number of aryl methyl sites for hydroxylation is 1. The van der Waals surface area contributed by atoms with Crippen LogP contribution in [0.3, 0.4) is 0 Å². The lowest BCUT2D eigenvalue weighted by atomic mass is 9.94. The van der Waals surface area contributed by atoms with Crippen LogP contribution in [0.1, 0.15) is 72.8 Å². The summed E-state index contributed by atoms with van der Waals surface area (Å²) in [5, 5.41) is 22.4. The van der Waals surface area contributed by atoms with Gasteiger partial charge < -0.3 is 34.8 Å². The van der Waals surface area contributed by atoms with E-state index in [4.69, 9.17) is 10.5 Å². The van der Waals surface area contributed by atoms with Gasteiger partial charge in [0.05, 0.1) is 28.7 Å². The highest BCUT2D eigenvalue weighted by molar-refractivity contribution is 6.09. The van der Waals surface area contributed by atoms with Gasteiger partial charge >= 0.3 is 6.03 Å². The van der Waals surface area contributed by atoms with E-state index in [0.717, 1.165) is 86.2 Å². The molecule has 3 aromatic carbocycles. The highest BCUT2D eigenvalue weighted by Crippen LogP contribution is 2.37. The molecule has 4 fully saturated rings. The number of hydrogen-bond acceptors (Lipinski definition) is 10. The van der Waals surface area contributed by atoms with Crippen molar-refractivity contribution in [3.8, 4) is 17.0 Å². The van der Waals surface area contributed by atoms with Gasteiger partial charge in [-0.05, 0) is 99.5 Å². The maximum atomic E-state index is 13.7. The summed E-state index contributed by atoms with van der Waals surface area (Å²) in [5.74, 6) is 0.843. The van der Waals surface area contributed by atoms with Gasteiger partial charge in [-0.1, -0.05) is 30.3 Å². The third-order valence-electron chi connectivity index (χ3n) is 12.8. The van der Waals surface area contributed by atoms with E-state index in [0.29, 0.717) is 60.7 Å². The Balaban J connectivity index is 0.772. The molecule has 9 rings (SSSR count). The van der Waals surface area contributed by atoms with Gasteiger partial charge in [-0.25, -0.2) is 4.79 Å². The second-order valence-corrected chi connectivity index (χ2v) is 16.9. The van der Waals surface area contributed by atoms with Crippen molar-refractivity contribution in [1.29, 1.82) is 0 Å². The molecule has 0 saturated carbocycles. The van der Waals surface area contributed by atoms with E-state index in [1.807, 2.05) is 60.4 Å². The van der Waals surface area contributed by atoms with Crippen molar-refractivity contribution < 1.29 is 24.2 Å². The number of carbonyl (C=O) groups excluding carboxylic acids is 3. The smallest absolute Gasteiger partial charge is 0.328 e. The first-order valence-corrected chi connectivity index (χ1v) is 21.2. The van der Waals surface area contributed by atoms with Crippen LogP contribution in [-0.2, 0) is 9.53 Å². The largest absolute Gasteiger partial charge is 0.507 e. The second-order valence-electron chi connectivity index (χ2n) is 16.9. The second kappa shape index (κ2) is 16.6. The van der Waals surface area contributed by atoms with Gasteiger partial charge in [0.15, 0.2) is 5.82 Å². The Morgan fingerprint density at radius 3 is 2.40 bits per heavy atom. The first kappa shape index (κ1) is 39.5. The number of anilines is 3. The number of benzene rings is 3. The van der Waals surface area contributed by atoms with Crippen molar-refractivity contribution in [2.75, 3.05) is 67.9 Å². The summed E-state index contributed by atoms with van der Waals surface area (Å²) in [6.07, 6.45) is 4.08. The van der Waals surface area contributed by atoms with Crippen LogP contribution in [0.4, 0.5) is 22.0 Å². The van der Waals surface area contributed by atoms with Crippen LogP contribution in [0.25, 0.3) is 22.2 Å². The average molecular weight is 812 g/mol. The zero-order chi connectivity index (χ0) is 41.5. The molecule has 312 valence electrons. The van der Waals surface area contributed by atoms with Gasteiger partial charge in [0, 0.05) is 87.0 Å². The molecule has 4 amide bonds. The predicted molar refractivity (Wildman–Crippen MR) is 231 cm³/mol. The molecule has 14 heteroatoms. The number of nitrogens with two attached hydrogens (primary N) is 1. The summed E-state index contributed by atoms with van der Waals surface area (Å²) in [5.41, 5.74) is 13.1. The number of phenols is 1. The Bertz CT molecular complexity index is 2400. The van der Waals surface area contributed by atoms with Crippen LogP contribution in [-0.4, -0.2) is 106 Å². The van der Waals surface area contributed by atoms with Crippen LogP contribution in [0.2, 0.25) is 0 Å². The number of aromatic hydroxyl groups is 1. The molecule has 60 heavy (non-hydrogen) atoms. The van der Waals surface area contributed by atoms with E-state index in [1.165, 1.54) is 5.69 Å². The number of aromatic nitrogens is 3. The van der Waals surface area contributed by atoms with Crippen molar-refractivity contribution in [3.05, 3.63) is 95.7 Å². The number of nitrogen functional groups attached to an aromatic ring is 1. The van der Waals surface area contributed by atoms with Crippen molar-refractivity contribution in [3.63, 3.8) is 0 Å². The van der Waals surface area contributed by atoms with Gasteiger partial charge in [0.25, 0.3) is 5.91 Å². The van der Waals surface area contributed by atoms with E-state index in [1.54, 1.807) is 23.1 Å². The van der Waals surface area contributed by atoms with Gasteiger partial charge in [-0.3, -0.25) is 19.8 Å². The van der Waals surface area contributed by atoms with E-state index in [2.05, 4.69) is 48.9 Å². The number of likely N-dealkylation sites (tertiary alicyclic amines) is 2. The fourth-order valence-electron chi connectivity index (χ4n) is 9.75. The van der Waals surface area contributed by atoms with Gasteiger partial charge in [-0.15, -0.1) is 10.2 Å². The maximum absolute atomic E-state index is 13.7. The molecular weight excluding hydrogens is 759 g/mol. The number of rotatable bonds is 8. The Kier molecular flexibility index (Phi) is 10.9. The number of amides is 4. The third kappa shape index (κ3) is 7.88. The fourth-order valence-corrected chi connectivity index (χ4v) is 9.75. The van der Waals surface area contributed by atoms with Gasteiger partial charge in [-0.2, -0.15) is 0 Å². The molecule has 14 nitrogen and oxygen atoms in total. The van der Waals surface area contributed by atoms with Crippen LogP contribution in [0.15, 0.2) is 78.9 Å². The number of ether oxygens (including phenoxy) is 1. The van der Waals surface area contributed by atoms with Crippen LogP contribution in [0.5, 0.6) is 5.75 Å². The van der Waals surface area contributed by atoms with Gasteiger partial charge in [0.1, 0.15) is 11.9 Å². The van der Waals surface area contributed by atoms with Crippen molar-refractivity contribution >= 4 is 45.9 Å². The molecule has 0 spiro atoms. The summed E-state index contributed by atoms with van der Waals surface area (Å²) < 4.78 is 8.83. The summed E-state index contributed by atoms with van der Waals surface area (Å²) in [4.78, 5) is 46.6. The highest BCUT2D eigenvalue weighted by Gasteiger charge is 2.32. The Hall–Kier alpha value is -5.99. The SMILES string of the molecule is Cc1cc2c(N3CCC(=O)NC3=O)cccc2n1C1CCN(CC2CCN(C(=O)c3ccc([C@@H]4CN(c5cc(-c6ccccc6O)nnc5N)C[C@@H](C)O4)cc3)CC2)CC1. The average Bonchev–Trinajstić information content (AvgIpc) is 3.60. The molecule has 0 radical (unpaired) electrons. The number of phenolic OH excluding ortho intramolecular Hbond substituents is 1. The number of nitrogens with zero attached hydrogens (tertiary/aromatic N) is 7. The lowest BCUT2D eigenvalue weighted by Crippen LogP contribution is -2.49. The molecule has 0 bridgehead atoms. The number of morpholine rings is 1. The minimum Gasteiger partial charge on any atom is -0.507 e. The molecular formula is C46H53N9O5. The third-order valence-corrected chi connectivity index (χ3v) is 12.8. The van der Waals surface area contributed by atoms with Crippen LogP contribution < -0.4 is 20.9 Å². The summed E-state index contributed by atoms with van der Waals surface area (Å²) in [6.45, 7) is 10.4. The topological polar surface area (TPSA) is 162 Å². The number of nitrogens with one attached hydrogen (secondary N) is 1. The zero-order valence-corrected chi connectivity index (χ0v) is 34.3. The summed E-state index contributed by atoms with van der Waals surface area (Å²) in [6, 6.07) is 25.1. The Morgan fingerprint density at radius 1 is 0.883 bits per heavy atom. The van der Waals surface area contributed by atoms with E-state index < -0.39 is 0 Å².